The summed E-state index contributed by atoms with van der Waals surface area (Å²) in [6.45, 7) is 0.683. The van der Waals surface area contributed by atoms with E-state index in [0.29, 0.717) is 31.0 Å². The summed E-state index contributed by atoms with van der Waals surface area (Å²) in [4.78, 5) is 37.6. The molecule has 30 heavy (non-hydrogen) atoms. The molecule has 0 aliphatic carbocycles. The molecule has 0 spiro atoms. The van der Waals surface area contributed by atoms with Crippen LogP contribution in [0.5, 0.6) is 11.5 Å². The van der Waals surface area contributed by atoms with Crippen molar-refractivity contribution >= 4 is 17.8 Å². The predicted octanol–water partition coefficient (Wildman–Crippen LogP) is 1.54. The van der Waals surface area contributed by atoms with Gasteiger partial charge in [0.05, 0.1) is 26.9 Å². The Balaban J connectivity index is 1.44. The number of hydrogen-bond donors (Lipinski definition) is 1. The Kier molecular flexibility index (Phi) is 6.95. The number of amides is 2. The zero-order valence-electron chi connectivity index (χ0n) is 16.9. The maximum Gasteiger partial charge on any atom is 0.308 e. The molecule has 0 fully saturated rings. The van der Waals surface area contributed by atoms with Crippen LogP contribution >= 0.6 is 0 Å². The van der Waals surface area contributed by atoms with E-state index < -0.39 is 11.9 Å². The zero-order valence-corrected chi connectivity index (χ0v) is 16.9. The molecule has 1 N–H and O–H groups in total. The molecule has 0 unspecified atom stereocenters. The summed E-state index contributed by atoms with van der Waals surface area (Å²) >= 11 is 0. The van der Waals surface area contributed by atoms with Crippen LogP contribution in [0.3, 0.4) is 0 Å². The molecule has 0 saturated heterocycles. The number of nitrogens with zero attached hydrogens (tertiary/aromatic N) is 1. The van der Waals surface area contributed by atoms with E-state index in [1.807, 2.05) is 12.1 Å². The second kappa shape index (κ2) is 9.82. The van der Waals surface area contributed by atoms with Gasteiger partial charge in [-0.1, -0.05) is 0 Å². The fourth-order valence-corrected chi connectivity index (χ4v) is 3.17. The van der Waals surface area contributed by atoms with Crippen molar-refractivity contribution in [2.24, 2.45) is 0 Å². The summed E-state index contributed by atoms with van der Waals surface area (Å²) in [5, 5.41) is 2.55. The topological polar surface area (TPSA) is 107 Å². The number of rotatable bonds is 8. The largest absolute Gasteiger partial charge is 0.493 e. The van der Waals surface area contributed by atoms with Crippen LogP contribution in [0.4, 0.5) is 0 Å². The smallest absolute Gasteiger partial charge is 0.308 e. The monoisotopic (exact) mass is 416 g/mol. The zero-order chi connectivity index (χ0) is 21.5. The average Bonchev–Trinajstić information content (AvgIpc) is 3.31. The lowest BCUT2D eigenvalue weighted by Gasteiger charge is -2.29. The Labute approximate surface area is 173 Å². The van der Waals surface area contributed by atoms with Gasteiger partial charge >= 0.3 is 5.97 Å². The van der Waals surface area contributed by atoms with Crippen molar-refractivity contribution in [3.63, 3.8) is 0 Å². The van der Waals surface area contributed by atoms with Gasteiger partial charge < -0.3 is 28.8 Å². The number of methoxy groups -OCH3 is 2. The highest BCUT2D eigenvalue weighted by Gasteiger charge is 2.23. The quantitative estimate of drug-likeness (QED) is 0.651. The van der Waals surface area contributed by atoms with E-state index in [2.05, 4.69) is 5.32 Å². The van der Waals surface area contributed by atoms with E-state index in [1.54, 1.807) is 25.2 Å². The minimum absolute atomic E-state index is 0.0421. The van der Waals surface area contributed by atoms with Gasteiger partial charge in [0.2, 0.25) is 0 Å². The van der Waals surface area contributed by atoms with Gasteiger partial charge in [-0.15, -0.1) is 0 Å². The fraction of sp³-hybridized carbons (Fsp3) is 0.381. The van der Waals surface area contributed by atoms with Crippen LogP contribution in [0.1, 0.15) is 28.1 Å². The maximum absolute atomic E-state index is 12.4. The first kappa shape index (κ1) is 21.2. The summed E-state index contributed by atoms with van der Waals surface area (Å²) < 4.78 is 20.6. The van der Waals surface area contributed by atoms with Crippen molar-refractivity contribution < 1.29 is 33.0 Å². The number of ether oxygens (including phenoxy) is 3. The molecule has 1 aromatic carbocycles. The van der Waals surface area contributed by atoms with E-state index in [-0.39, 0.29) is 31.2 Å². The molecule has 1 aliphatic rings. The van der Waals surface area contributed by atoms with E-state index in [1.165, 1.54) is 12.3 Å². The summed E-state index contributed by atoms with van der Waals surface area (Å²) in [6, 6.07) is 6.91. The molecule has 160 valence electrons. The van der Waals surface area contributed by atoms with Crippen LogP contribution < -0.4 is 14.8 Å². The standard InChI is InChI=1S/C21H24N2O7/c1-27-17-10-14-6-8-23(12-15(14)11-18(17)28-2)19(24)13-30-20(25)5-7-22-21(26)16-4-3-9-29-16/h3-4,9-11H,5-8,12-13H2,1-2H3,(H,22,26). The SMILES string of the molecule is COc1cc2c(cc1OC)CN(C(=O)COC(=O)CCNC(=O)c1ccco1)CC2. The van der Waals surface area contributed by atoms with Crippen molar-refractivity contribution in [3.8, 4) is 11.5 Å². The van der Waals surface area contributed by atoms with Crippen LogP contribution in [0.25, 0.3) is 0 Å². The normalized spacial score (nSPS) is 12.7. The van der Waals surface area contributed by atoms with E-state index in [4.69, 9.17) is 18.6 Å². The Hall–Kier alpha value is -3.49. The minimum atomic E-state index is -0.563. The Bertz CT molecular complexity index is 908. The van der Waals surface area contributed by atoms with E-state index in [0.717, 1.165) is 11.1 Å². The molecule has 9 heteroatoms. The van der Waals surface area contributed by atoms with Gasteiger partial charge in [0.1, 0.15) is 0 Å². The number of furan rings is 1. The molecule has 0 bridgehead atoms. The fourth-order valence-electron chi connectivity index (χ4n) is 3.17. The maximum atomic E-state index is 12.4. The third-order valence-electron chi connectivity index (χ3n) is 4.79. The lowest BCUT2D eigenvalue weighted by Crippen LogP contribution is -2.38. The molecular weight excluding hydrogens is 392 g/mol. The first-order chi connectivity index (χ1) is 14.5. The third-order valence-corrected chi connectivity index (χ3v) is 4.79. The number of carbonyl (C=O) groups excluding carboxylic acids is 3. The highest BCUT2D eigenvalue weighted by molar-refractivity contribution is 5.91. The minimum Gasteiger partial charge on any atom is -0.493 e. The molecule has 1 aromatic heterocycles. The number of nitrogens with one attached hydrogen (secondary N) is 1. The van der Waals surface area contributed by atoms with E-state index in [9.17, 15) is 14.4 Å². The van der Waals surface area contributed by atoms with Gasteiger partial charge in [-0.3, -0.25) is 14.4 Å². The molecule has 2 aromatic rings. The molecule has 2 heterocycles. The highest BCUT2D eigenvalue weighted by Crippen LogP contribution is 2.33. The van der Waals surface area contributed by atoms with Crippen LogP contribution in [-0.2, 0) is 27.3 Å². The van der Waals surface area contributed by atoms with Crippen molar-refractivity contribution in [1.82, 2.24) is 10.2 Å². The van der Waals surface area contributed by atoms with Crippen LogP contribution in [0.15, 0.2) is 34.9 Å². The molecule has 0 radical (unpaired) electrons. The molecule has 0 saturated carbocycles. The van der Waals surface area contributed by atoms with E-state index >= 15 is 0 Å². The number of fused-ring (bicyclic) bond motifs is 1. The highest BCUT2D eigenvalue weighted by atomic mass is 16.5. The van der Waals surface area contributed by atoms with Crippen molar-refractivity contribution in [3.05, 3.63) is 47.4 Å². The Morgan fingerprint density at radius 3 is 2.53 bits per heavy atom. The van der Waals surface area contributed by atoms with Gasteiger partial charge in [-0.25, -0.2) is 0 Å². The number of benzene rings is 1. The van der Waals surface area contributed by atoms with Crippen molar-refractivity contribution in [2.75, 3.05) is 33.9 Å². The Morgan fingerprint density at radius 2 is 1.87 bits per heavy atom. The molecule has 1 aliphatic heterocycles. The molecule has 0 atom stereocenters. The van der Waals surface area contributed by atoms with Gasteiger partial charge in [0, 0.05) is 19.6 Å². The second-order valence-corrected chi connectivity index (χ2v) is 6.69. The summed E-state index contributed by atoms with van der Waals surface area (Å²) in [6.07, 6.45) is 2.02. The first-order valence-electron chi connectivity index (χ1n) is 9.50. The second-order valence-electron chi connectivity index (χ2n) is 6.69. The molecule has 9 nitrogen and oxygen atoms in total. The number of hydrogen-bond acceptors (Lipinski definition) is 7. The van der Waals surface area contributed by atoms with Crippen LogP contribution in [0, 0.1) is 0 Å². The summed E-state index contributed by atoms with van der Waals surface area (Å²) in [7, 11) is 3.15. The summed E-state index contributed by atoms with van der Waals surface area (Å²) in [5.41, 5.74) is 2.07. The van der Waals surface area contributed by atoms with Crippen molar-refractivity contribution in [2.45, 2.75) is 19.4 Å². The average molecular weight is 416 g/mol. The van der Waals surface area contributed by atoms with Gasteiger partial charge in [-0.2, -0.15) is 0 Å². The first-order valence-corrected chi connectivity index (χ1v) is 9.50. The predicted molar refractivity (Wildman–Crippen MR) is 105 cm³/mol. The lowest BCUT2D eigenvalue weighted by atomic mass is 9.99. The van der Waals surface area contributed by atoms with Gasteiger partial charge in [-0.05, 0) is 41.8 Å². The Morgan fingerprint density at radius 1 is 1.13 bits per heavy atom. The number of carbonyl (C=O) groups is 3. The van der Waals surface area contributed by atoms with Gasteiger partial charge in [0.25, 0.3) is 11.8 Å². The summed E-state index contributed by atoms with van der Waals surface area (Å²) in [5.74, 6) is 0.175. The lowest BCUT2D eigenvalue weighted by molar-refractivity contribution is -0.152. The van der Waals surface area contributed by atoms with Gasteiger partial charge in [0.15, 0.2) is 23.9 Å². The number of esters is 1. The van der Waals surface area contributed by atoms with Crippen LogP contribution in [0.2, 0.25) is 0 Å². The molecule has 3 rings (SSSR count). The molecule has 2 amide bonds. The van der Waals surface area contributed by atoms with Crippen LogP contribution in [-0.4, -0.2) is 56.6 Å². The van der Waals surface area contributed by atoms with Crippen molar-refractivity contribution in [1.29, 1.82) is 0 Å². The third kappa shape index (κ3) is 5.11. The molecular formula is C21H24N2O7.